The van der Waals surface area contributed by atoms with Crippen molar-refractivity contribution in [2.45, 2.75) is 38.0 Å². The number of benzene rings is 1. The number of piperidine rings is 1. The highest BCUT2D eigenvalue weighted by atomic mass is 32.2. The van der Waals surface area contributed by atoms with Gasteiger partial charge in [-0.25, -0.2) is 13.1 Å². The molecule has 1 saturated heterocycles. The molecule has 0 unspecified atom stereocenters. The minimum Gasteiger partial charge on any atom is -0.494 e. The van der Waals surface area contributed by atoms with Gasteiger partial charge in [0.2, 0.25) is 10.0 Å². The van der Waals surface area contributed by atoms with Crippen LogP contribution in [0.5, 0.6) is 5.75 Å². The van der Waals surface area contributed by atoms with Crippen LogP contribution in [-0.4, -0.2) is 55.1 Å². The average molecular weight is 439 g/mol. The fraction of sp³-hybridized carbons (Fsp3) is 0.526. The predicted octanol–water partition coefficient (Wildman–Crippen LogP) is 2.47. The van der Waals surface area contributed by atoms with Crippen molar-refractivity contribution in [3.63, 3.8) is 0 Å². The largest absolute Gasteiger partial charge is 0.494 e. The summed E-state index contributed by atoms with van der Waals surface area (Å²) in [6.45, 7) is 5.96. The second-order valence-corrected chi connectivity index (χ2v) is 9.62. The lowest BCUT2D eigenvalue weighted by Gasteiger charge is -2.31. The van der Waals surface area contributed by atoms with Gasteiger partial charge < -0.3 is 9.64 Å². The van der Waals surface area contributed by atoms with Crippen molar-refractivity contribution in [2.24, 2.45) is 5.92 Å². The number of hydrogen-bond acceptors (Lipinski definition) is 7. The van der Waals surface area contributed by atoms with Gasteiger partial charge in [0.25, 0.3) is 5.91 Å². The second kappa shape index (κ2) is 9.64. The zero-order valence-electron chi connectivity index (χ0n) is 16.6. The number of hydrogen-bond donors (Lipinski definition) is 1. The van der Waals surface area contributed by atoms with Crippen molar-refractivity contribution in [2.75, 3.05) is 26.2 Å². The molecule has 10 heteroatoms. The maximum atomic E-state index is 12.5. The minimum absolute atomic E-state index is 0.0399. The number of aromatic nitrogens is 2. The van der Waals surface area contributed by atoms with E-state index in [9.17, 15) is 13.2 Å². The van der Waals surface area contributed by atoms with Crippen molar-refractivity contribution in [1.82, 2.24) is 19.2 Å². The zero-order chi connectivity index (χ0) is 20.9. The molecule has 0 saturated carbocycles. The Balaban J connectivity index is 1.49. The first kappa shape index (κ1) is 21.7. The molecule has 1 N–H and O–H groups in total. The Morgan fingerprint density at radius 2 is 1.97 bits per heavy atom. The lowest BCUT2D eigenvalue weighted by atomic mass is 9.97. The van der Waals surface area contributed by atoms with Gasteiger partial charge in [-0.1, -0.05) is 11.4 Å². The minimum atomic E-state index is -3.57. The quantitative estimate of drug-likeness (QED) is 0.679. The van der Waals surface area contributed by atoms with Crippen LogP contribution in [0.1, 0.15) is 41.6 Å². The maximum absolute atomic E-state index is 12.5. The van der Waals surface area contributed by atoms with Crippen LogP contribution in [0.25, 0.3) is 0 Å². The first-order valence-corrected chi connectivity index (χ1v) is 12.0. The fourth-order valence-corrected chi connectivity index (χ4v) is 4.90. The number of likely N-dealkylation sites (tertiary alicyclic amines) is 1. The SMILES string of the molecule is CCCOc1ccc(S(=O)(=O)NCC2CCN(C(=O)c3snnc3C)CC2)cc1. The third-order valence-electron chi connectivity index (χ3n) is 4.92. The Morgan fingerprint density at radius 3 is 2.55 bits per heavy atom. The van der Waals surface area contributed by atoms with Crippen molar-refractivity contribution in [1.29, 1.82) is 0 Å². The third-order valence-corrected chi connectivity index (χ3v) is 7.17. The van der Waals surface area contributed by atoms with Gasteiger partial charge in [-0.2, -0.15) is 0 Å². The molecule has 1 amide bonds. The molecule has 2 heterocycles. The number of amides is 1. The summed E-state index contributed by atoms with van der Waals surface area (Å²) in [7, 11) is -3.57. The topological polar surface area (TPSA) is 101 Å². The molecule has 8 nitrogen and oxygen atoms in total. The van der Waals surface area contributed by atoms with Gasteiger partial charge in [0.1, 0.15) is 10.6 Å². The number of carbonyl (C=O) groups excluding carboxylic acids is 1. The van der Waals surface area contributed by atoms with E-state index in [0.717, 1.165) is 30.8 Å². The van der Waals surface area contributed by atoms with E-state index in [1.165, 1.54) is 0 Å². The Morgan fingerprint density at radius 1 is 1.28 bits per heavy atom. The summed E-state index contributed by atoms with van der Waals surface area (Å²) in [4.78, 5) is 15.1. The second-order valence-electron chi connectivity index (χ2n) is 7.09. The zero-order valence-corrected chi connectivity index (χ0v) is 18.3. The lowest BCUT2D eigenvalue weighted by Crippen LogP contribution is -2.41. The molecule has 1 fully saturated rings. The normalized spacial score (nSPS) is 15.4. The van der Waals surface area contributed by atoms with Gasteiger partial charge in [0, 0.05) is 19.6 Å². The van der Waals surface area contributed by atoms with Crippen LogP contribution in [0.3, 0.4) is 0 Å². The van der Waals surface area contributed by atoms with Crippen molar-refractivity contribution >= 4 is 27.5 Å². The van der Waals surface area contributed by atoms with Gasteiger partial charge in [0.05, 0.1) is 17.2 Å². The summed E-state index contributed by atoms with van der Waals surface area (Å²) < 4.78 is 37.1. The van der Waals surface area contributed by atoms with Crippen LogP contribution in [0.15, 0.2) is 29.2 Å². The molecule has 29 heavy (non-hydrogen) atoms. The Labute approximate surface area is 175 Å². The number of sulfonamides is 1. The lowest BCUT2D eigenvalue weighted by molar-refractivity contribution is 0.0696. The van der Waals surface area contributed by atoms with E-state index in [4.69, 9.17) is 4.74 Å². The maximum Gasteiger partial charge on any atom is 0.267 e. The number of ether oxygens (including phenoxy) is 1. The highest BCUT2D eigenvalue weighted by Crippen LogP contribution is 2.22. The van der Waals surface area contributed by atoms with E-state index in [-0.39, 0.29) is 16.7 Å². The van der Waals surface area contributed by atoms with Gasteiger partial charge in [0.15, 0.2) is 0 Å². The highest BCUT2D eigenvalue weighted by Gasteiger charge is 2.27. The summed E-state index contributed by atoms with van der Waals surface area (Å²) >= 11 is 1.12. The number of rotatable bonds is 8. The molecule has 3 rings (SSSR count). The highest BCUT2D eigenvalue weighted by molar-refractivity contribution is 7.89. The molecule has 1 aromatic carbocycles. The van der Waals surface area contributed by atoms with Gasteiger partial charge >= 0.3 is 0 Å². The van der Waals surface area contributed by atoms with Crippen molar-refractivity contribution in [3.05, 3.63) is 34.8 Å². The molecule has 2 aromatic rings. The number of aryl methyl sites for hydroxylation is 1. The van der Waals surface area contributed by atoms with Crippen molar-refractivity contribution in [3.8, 4) is 5.75 Å². The first-order chi connectivity index (χ1) is 13.9. The average Bonchev–Trinajstić information content (AvgIpc) is 3.17. The standard InChI is InChI=1S/C19H26N4O4S2/c1-3-12-27-16-4-6-17(7-5-16)29(25,26)20-13-15-8-10-23(11-9-15)19(24)18-14(2)21-22-28-18/h4-7,15,20H,3,8-13H2,1-2H3. The number of nitrogens with zero attached hydrogens (tertiary/aromatic N) is 3. The van der Waals surface area contributed by atoms with Crippen LogP contribution in [-0.2, 0) is 10.0 Å². The molecule has 0 atom stereocenters. The van der Waals surface area contributed by atoms with Crippen LogP contribution in [0, 0.1) is 12.8 Å². The third kappa shape index (κ3) is 5.52. The summed E-state index contributed by atoms with van der Waals surface area (Å²) in [5, 5.41) is 3.89. The van der Waals surface area contributed by atoms with E-state index >= 15 is 0 Å². The van der Waals surface area contributed by atoms with E-state index < -0.39 is 10.0 Å². The Kier molecular flexibility index (Phi) is 7.20. The molecule has 0 aliphatic carbocycles. The molecular formula is C19H26N4O4S2. The van der Waals surface area contributed by atoms with E-state index in [1.54, 1.807) is 36.1 Å². The summed E-state index contributed by atoms with van der Waals surface area (Å²) in [5.41, 5.74) is 0.654. The molecule has 1 aliphatic rings. The van der Waals surface area contributed by atoms with E-state index in [0.29, 0.717) is 42.6 Å². The van der Waals surface area contributed by atoms with E-state index in [1.807, 2.05) is 6.92 Å². The molecule has 0 radical (unpaired) electrons. The van der Waals surface area contributed by atoms with Crippen LogP contribution in [0.2, 0.25) is 0 Å². The number of carbonyl (C=O) groups is 1. The summed E-state index contributed by atoms with van der Waals surface area (Å²) in [6, 6.07) is 6.45. The molecular weight excluding hydrogens is 412 g/mol. The smallest absolute Gasteiger partial charge is 0.267 e. The summed E-state index contributed by atoms with van der Waals surface area (Å²) in [5.74, 6) is 0.817. The van der Waals surface area contributed by atoms with Crippen LogP contribution >= 0.6 is 11.5 Å². The van der Waals surface area contributed by atoms with Gasteiger partial charge in [-0.05, 0) is 67.9 Å². The van der Waals surface area contributed by atoms with Gasteiger partial charge in [-0.15, -0.1) is 5.10 Å². The Bertz CT molecular complexity index is 920. The van der Waals surface area contributed by atoms with Crippen molar-refractivity contribution < 1.29 is 17.9 Å². The fourth-order valence-electron chi connectivity index (χ4n) is 3.16. The molecule has 0 bridgehead atoms. The molecule has 1 aliphatic heterocycles. The van der Waals surface area contributed by atoms with Gasteiger partial charge in [-0.3, -0.25) is 4.79 Å². The molecule has 0 spiro atoms. The monoisotopic (exact) mass is 438 g/mol. The summed E-state index contributed by atoms with van der Waals surface area (Å²) in [6.07, 6.45) is 2.40. The van der Waals surface area contributed by atoms with Crippen LogP contribution < -0.4 is 9.46 Å². The Hall–Kier alpha value is -2.04. The predicted molar refractivity (Wildman–Crippen MR) is 111 cm³/mol. The van der Waals surface area contributed by atoms with E-state index in [2.05, 4.69) is 14.3 Å². The van der Waals surface area contributed by atoms with Crippen LogP contribution in [0.4, 0.5) is 0 Å². The molecule has 158 valence electrons. The molecule has 1 aromatic heterocycles. The number of nitrogens with one attached hydrogen (secondary N) is 1. The first-order valence-electron chi connectivity index (χ1n) is 9.71.